The summed E-state index contributed by atoms with van der Waals surface area (Å²) in [6.07, 6.45) is 0. The highest BCUT2D eigenvalue weighted by Gasteiger charge is 1.98. The van der Waals surface area contributed by atoms with Crippen molar-refractivity contribution in [2.75, 3.05) is 27.9 Å². The third-order valence-electron chi connectivity index (χ3n) is 1.81. The summed E-state index contributed by atoms with van der Waals surface area (Å²) in [5, 5.41) is 7.00. The zero-order valence-electron chi connectivity index (χ0n) is 21.0. The van der Waals surface area contributed by atoms with Crippen molar-refractivity contribution in [1.82, 2.24) is 0 Å². The van der Waals surface area contributed by atoms with Gasteiger partial charge in [0.2, 0.25) is 0 Å². The number of aliphatic hydroxyl groups is 1. The molecule has 0 saturated heterocycles. The van der Waals surface area contributed by atoms with Gasteiger partial charge in [0.25, 0.3) is 0 Å². The van der Waals surface area contributed by atoms with E-state index in [0.717, 1.165) is 25.0 Å². The Morgan fingerprint density at radius 2 is 1.15 bits per heavy atom. The smallest absolute Gasteiger partial charge is 0.168 e. The normalized spacial score (nSPS) is 6.33. The molecule has 0 atom stereocenters. The number of hydrogen-bond acceptors (Lipinski definition) is 4. The molecule has 0 radical (unpaired) electrons. The Morgan fingerprint density at radius 3 is 1.41 bits per heavy atom. The Balaban J connectivity index is -0.0000000423. The summed E-state index contributed by atoms with van der Waals surface area (Å²) in [7, 11) is 4.18. The van der Waals surface area contributed by atoms with Crippen LogP contribution in [0, 0.1) is 13.8 Å². The minimum absolute atomic E-state index is 0.785. The summed E-state index contributed by atoms with van der Waals surface area (Å²) >= 11 is 0. The lowest BCUT2D eigenvalue weighted by Crippen LogP contribution is -1.93. The largest absolute Gasteiger partial charge is 0.400 e. The summed E-state index contributed by atoms with van der Waals surface area (Å²) in [5.41, 5.74) is 2.25. The monoisotopic (exact) mass is 392 g/mol. The van der Waals surface area contributed by atoms with Crippen LogP contribution in [0.15, 0.2) is 31.4 Å². The van der Waals surface area contributed by atoms with Crippen LogP contribution < -0.4 is 4.89 Å². The molecule has 0 aromatic heterocycles. The van der Waals surface area contributed by atoms with Gasteiger partial charge in [-0.2, -0.15) is 4.89 Å². The first-order valence-electron chi connectivity index (χ1n) is 9.87. The van der Waals surface area contributed by atoms with Crippen molar-refractivity contribution in [3.8, 4) is 5.75 Å². The molecule has 0 aliphatic carbocycles. The molecule has 4 nitrogen and oxygen atoms in total. The summed E-state index contributed by atoms with van der Waals surface area (Å²) < 4.78 is 4.54. The first-order chi connectivity index (χ1) is 13.2. The highest BCUT2D eigenvalue weighted by Crippen LogP contribution is 2.18. The molecule has 0 spiro atoms. The van der Waals surface area contributed by atoms with E-state index < -0.39 is 0 Å². The summed E-state index contributed by atoms with van der Waals surface area (Å²) in [6, 6.07) is 5.99. The average molecular weight is 393 g/mol. The average Bonchev–Trinajstić information content (AvgIpc) is 2.79. The molecule has 0 fully saturated rings. The van der Waals surface area contributed by atoms with E-state index in [2.05, 4.69) is 22.8 Å². The fourth-order valence-electron chi connectivity index (χ4n) is 0.887. The lowest BCUT2D eigenvalue weighted by Gasteiger charge is -2.04. The zero-order valence-corrected chi connectivity index (χ0v) is 21.0. The molecule has 0 aliphatic heterocycles. The fourth-order valence-corrected chi connectivity index (χ4v) is 0.887. The zero-order chi connectivity index (χ0) is 23.7. The number of hydrogen-bond donors (Lipinski definition) is 1. The number of ether oxygens (including phenoxy) is 1. The Hall–Kier alpha value is -1.36. The molecule has 0 saturated carbocycles. The van der Waals surface area contributed by atoms with E-state index in [1.165, 1.54) is 12.7 Å². The molecular formula is C23H52O4. The molecule has 0 amide bonds. The Bertz CT molecular complexity index is 288. The molecule has 27 heavy (non-hydrogen) atoms. The van der Waals surface area contributed by atoms with Gasteiger partial charge in [-0.3, -0.25) is 0 Å². The van der Waals surface area contributed by atoms with Crippen molar-refractivity contribution in [2.24, 2.45) is 0 Å². The number of benzene rings is 1. The molecular weight excluding hydrogens is 340 g/mol. The standard InChI is InChI=1S/C9H12O2.C3H8O.4C2H6.C2H4.CH4O/c1-7-4-5-8(2)9(6-7)11-10-3;1-3-4-2;6*1-2/h4-6H,1-3H3;3H2,1-2H3;4*1-2H3;1-2H2;2H,1H3. The second kappa shape index (κ2) is 64.2. The Labute approximate surface area is 172 Å². The van der Waals surface area contributed by atoms with E-state index >= 15 is 0 Å². The van der Waals surface area contributed by atoms with E-state index in [4.69, 9.17) is 9.99 Å². The number of aryl methyl sites for hydroxylation is 2. The van der Waals surface area contributed by atoms with E-state index in [1.807, 2.05) is 94.4 Å². The van der Waals surface area contributed by atoms with E-state index in [1.54, 1.807) is 7.11 Å². The van der Waals surface area contributed by atoms with E-state index in [-0.39, 0.29) is 0 Å². The van der Waals surface area contributed by atoms with Crippen molar-refractivity contribution in [2.45, 2.75) is 76.2 Å². The van der Waals surface area contributed by atoms with Crippen LogP contribution in [0.2, 0.25) is 0 Å². The molecule has 0 heterocycles. The molecule has 0 bridgehead atoms. The van der Waals surface area contributed by atoms with Crippen molar-refractivity contribution in [3.63, 3.8) is 0 Å². The van der Waals surface area contributed by atoms with Gasteiger partial charge in [-0.05, 0) is 38.0 Å². The van der Waals surface area contributed by atoms with Crippen molar-refractivity contribution >= 4 is 0 Å². The van der Waals surface area contributed by atoms with Gasteiger partial charge in [0.05, 0.1) is 7.11 Å². The molecule has 168 valence electrons. The first kappa shape index (κ1) is 44.8. The highest BCUT2D eigenvalue weighted by atomic mass is 17.2. The van der Waals surface area contributed by atoms with Gasteiger partial charge in [-0.15, -0.1) is 13.2 Å². The first-order valence-corrected chi connectivity index (χ1v) is 9.87. The van der Waals surface area contributed by atoms with Gasteiger partial charge in [0.15, 0.2) is 5.75 Å². The second-order valence-corrected chi connectivity index (χ2v) is 3.10. The topological polar surface area (TPSA) is 47.9 Å². The third kappa shape index (κ3) is 51.6. The van der Waals surface area contributed by atoms with Crippen molar-refractivity contribution in [1.29, 1.82) is 0 Å². The molecule has 1 N–H and O–H groups in total. The maximum absolute atomic E-state index is 7.00. The van der Waals surface area contributed by atoms with Gasteiger partial charge in [-0.25, -0.2) is 0 Å². The van der Waals surface area contributed by atoms with Crippen LogP contribution in [0.1, 0.15) is 73.4 Å². The lowest BCUT2D eigenvalue weighted by molar-refractivity contribution is -0.178. The van der Waals surface area contributed by atoms with E-state index in [0.29, 0.717) is 0 Å². The molecule has 1 aromatic carbocycles. The minimum atomic E-state index is 0.785. The van der Waals surface area contributed by atoms with E-state index in [9.17, 15) is 0 Å². The van der Waals surface area contributed by atoms with Gasteiger partial charge >= 0.3 is 0 Å². The van der Waals surface area contributed by atoms with Gasteiger partial charge in [0, 0.05) is 20.8 Å². The molecule has 4 heteroatoms. The van der Waals surface area contributed by atoms with Crippen LogP contribution in [0.4, 0.5) is 0 Å². The van der Waals surface area contributed by atoms with Crippen LogP contribution >= 0.6 is 0 Å². The quantitative estimate of drug-likeness (QED) is 0.330. The molecule has 0 aliphatic rings. The SMILES string of the molecule is C=C.CC.CC.CC.CC.CCOC.CO.COOc1cc(C)ccc1C. The minimum Gasteiger partial charge on any atom is -0.400 e. The molecule has 1 aromatic rings. The Morgan fingerprint density at radius 1 is 0.815 bits per heavy atom. The number of rotatable bonds is 3. The fraction of sp³-hybridized carbons (Fsp3) is 0.652. The predicted octanol–water partition coefficient (Wildman–Crippen LogP) is 7.41. The second-order valence-electron chi connectivity index (χ2n) is 3.10. The maximum atomic E-state index is 7.00. The molecule has 1 rings (SSSR count). The van der Waals surface area contributed by atoms with Gasteiger partial charge < -0.3 is 14.7 Å². The van der Waals surface area contributed by atoms with Crippen LogP contribution in [0.25, 0.3) is 0 Å². The lowest BCUT2D eigenvalue weighted by atomic mass is 10.1. The van der Waals surface area contributed by atoms with Gasteiger partial charge in [0.1, 0.15) is 0 Å². The molecule has 0 unspecified atom stereocenters. The number of aliphatic hydroxyl groups excluding tert-OH is 1. The maximum Gasteiger partial charge on any atom is 0.168 e. The van der Waals surface area contributed by atoms with Crippen LogP contribution in [-0.2, 0) is 9.62 Å². The summed E-state index contributed by atoms with van der Waals surface area (Å²) in [4.78, 5) is 9.48. The summed E-state index contributed by atoms with van der Waals surface area (Å²) in [5.74, 6) is 0.785. The van der Waals surface area contributed by atoms with Gasteiger partial charge in [-0.1, -0.05) is 67.5 Å². The predicted molar refractivity (Wildman–Crippen MR) is 126 cm³/mol. The van der Waals surface area contributed by atoms with Crippen molar-refractivity contribution in [3.05, 3.63) is 42.5 Å². The van der Waals surface area contributed by atoms with Crippen molar-refractivity contribution < 1.29 is 19.6 Å². The highest BCUT2D eigenvalue weighted by molar-refractivity contribution is 5.35. The Kier molecular flexibility index (Phi) is 107. The third-order valence-corrected chi connectivity index (χ3v) is 1.81. The van der Waals surface area contributed by atoms with Crippen LogP contribution in [0.5, 0.6) is 5.75 Å². The summed E-state index contributed by atoms with van der Waals surface area (Å²) in [6.45, 7) is 28.8. The van der Waals surface area contributed by atoms with Crippen LogP contribution in [-0.4, -0.2) is 33.0 Å². The number of methoxy groups -OCH3 is 1. The van der Waals surface area contributed by atoms with Crippen LogP contribution in [0.3, 0.4) is 0 Å².